The summed E-state index contributed by atoms with van der Waals surface area (Å²) >= 11 is 3.50. The molecule has 0 amide bonds. The molecular formula is C18H22BrNO. The van der Waals surface area contributed by atoms with Crippen molar-refractivity contribution in [3.05, 3.63) is 58.1 Å². The van der Waals surface area contributed by atoms with Crippen molar-refractivity contribution in [2.45, 2.75) is 39.2 Å². The van der Waals surface area contributed by atoms with Gasteiger partial charge in [0.15, 0.2) is 0 Å². The van der Waals surface area contributed by atoms with Crippen molar-refractivity contribution in [1.29, 1.82) is 0 Å². The minimum atomic E-state index is 0.105. The van der Waals surface area contributed by atoms with Crippen molar-refractivity contribution in [2.24, 2.45) is 5.73 Å². The molecule has 0 fully saturated rings. The van der Waals surface area contributed by atoms with Gasteiger partial charge in [0.25, 0.3) is 0 Å². The first-order valence-electron chi connectivity index (χ1n) is 7.39. The van der Waals surface area contributed by atoms with Crippen LogP contribution in [0, 0.1) is 0 Å². The molecule has 112 valence electrons. The molecule has 0 heterocycles. The molecule has 2 aromatic rings. The predicted octanol–water partition coefficient (Wildman–Crippen LogP) is 5.08. The van der Waals surface area contributed by atoms with E-state index in [2.05, 4.69) is 41.1 Å². The Labute approximate surface area is 135 Å². The van der Waals surface area contributed by atoms with Gasteiger partial charge in [0.1, 0.15) is 11.5 Å². The summed E-state index contributed by atoms with van der Waals surface area (Å²) in [7, 11) is 0. The largest absolute Gasteiger partial charge is 0.457 e. The highest BCUT2D eigenvalue weighted by molar-refractivity contribution is 9.10. The standard InChI is InChI=1S/C18H22BrNO/c1-3-4-14-5-8-17(9-6-14)21-18-10-7-16(19)12-15(18)11-13(2)20/h5-10,12-13H,3-4,11,20H2,1-2H3. The van der Waals surface area contributed by atoms with E-state index < -0.39 is 0 Å². The zero-order chi connectivity index (χ0) is 15.2. The average Bonchev–Trinajstić information content (AvgIpc) is 2.43. The molecule has 2 rings (SSSR count). The summed E-state index contributed by atoms with van der Waals surface area (Å²) in [6, 6.07) is 14.5. The molecule has 2 nitrogen and oxygen atoms in total. The van der Waals surface area contributed by atoms with Crippen molar-refractivity contribution in [3.63, 3.8) is 0 Å². The van der Waals surface area contributed by atoms with Crippen LogP contribution in [0.5, 0.6) is 11.5 Å². The van der Waals surface area contributed by atoms with Crippen LogP contribution in [0.1, 0.15) is 31.4 Å². The molecular weight excluding hydrogens is 326 g/mol. The highest BCUT2D eigenvalue weighted by Crippen LogP contribution is 2.29. The van der Waals surface area contributed by atoms with E-state index in [4.69, 9.17) is 10.5 Å². The van der Waals surface area contributed by atoms with Crippen LogP contribution >= 0.6 is 15.9 Å². The van der Waals surface area contributed by atoms with Crippen molar-refractivity contribution >= 4 is 15.9 Å². The highest BCUT2D eigenvalue weighted by Gasteiger charge is 2.08. The van der Waals surface area contributed by atoms with Crippen LogP contribution in [0.25, 0.3) is 0 Å². The van der Waals surface area contributed by atoms with E-state index in [1.807, 2.05) is 31.2 Å². The lowest BCUT2D eigenvalue weighted by atomic mass is 10.1. The third-order valence-electron chi connectivity index (χ3n) is 3.25. The van der Waals surface area contributed by atoms with E-state index in [9.17, 15) is 0 Å². The Morgan fingerprint density at radius 3 is 2.48 bits per heavy atom. The molecule has 0 saturated heterocycles. The van der Waals surface area contributed by atoms with Crippen LogP contribution in [0.4, 0.5) is 0 Å². The Morgan fingerprint density at radius 2 is 1.86 bits per heavy atom. The fourth-order valence-corrected chi connectivity index (χ4v) is 2.70. The number of hydrogen-bond acceptors (Lipinski definition) is 2. The summed E-state index contributed by atoms with van der Waals surface area (Å²) in [6.07, 6.45) is 3.06. The van der Waals surface area contributed by atoms with Gasteiger partial charge >= 0.3 is 0 Å². The van der Waals surface area contributed by atoms with Crippen molar-refractivity contribution in [2.75, 3.05) is 0 Å². The molecule has 2 N–H and O–H groups in total. The van der Waals surface area contributed by atoms with Crippen LogP contribution in [0.2, 0.25) is 0 Å². The fraction of sp³-hybridized carbons (Fsp3) is 0.333. The van der Waals surface area contributed by atoms with Crippen LogP contribution in [-0.4, -0.2) is 6.04 Å². The van der Waals surface area contributed by atoms with Gasteiger partial charge in [-0.1, -0.05) is 41.4 Å². The third-order valence-corrected chi connectivity index (χ3v) is 3.75. The summed E-state index contributed by atoms with van der Waals surface area (Å²) in [5.74, 6) is 1.74. The van der Waals surface area contributed by atoms with Crippen LogP contribution in [0.15, 0.2) is 46.9 Å². The first-order valence-corrected chi connectivity index (χ1v) is 8.18. The lowest BCUT2D eigenvalue weighted by Crippen LogP contribution is -2.18. The lowest BCUT2D eigenvalue weighted by molar-refractivity contribution is 0.473. The van der Waals surface area contributed by atoms with Gasteiger partial charge in [-0.2, -0.15) is 0 Å². The highest BCUT2D eigenvalue weighted by atomic mass is 79.9. The quantitative estimate of drug-likeness (QED) is 0.790. The number of rotatable bonds is 6. The second kappa shape index (κ2) is 7.62. The zero-order valence-corrected chi connectivity index (χ0v) is 14.2. The molecule has 3 heteroatoms. The maximum absolute atomic E-state index is 6.02. The fourth-order valence-electron chi connectivity index (χ4n) is 2.29. The normalized spacial score (nSPS) is 12.2. The monoisotopic (exact) mass is 347 g/mol. The molecule has 0 aliphatic carbocycles. The number of ether oxygens (including phenoxy) is 1. The minimum absolute atomic E-state index is 0.105. The van der Waals surface area contributed by atoms with Gasteiger partial charge in [-0.3, -0.25) is 0 Å². The van der Waals surface area contributed by atoms with E-state index in [1.165, 1.54) is 5.56 Å². The second-order valence-corrected chi connectivity index (χ2v) is 6.35. The summed E-state index contributed by atoms with van der Waals surface area (Å²) < 4.78 is 7.07. The lowest BCUT2D eigenvalue weighted by Gasteiger charge is -2.13. The molecule has 2 aromatic carbocycles. The molecule has 0 saturated carbocycles. The third kappa shape index (κ3) is 4.87. The Bertz CT molecular complexity index is 578. The van der Waals surface area contributed by atoms with Gasteiger partial charge in [0.05, 0.1) is 0 Å². The van der Waals surface area contributed by atoms with E-state index >= 15 is 0 Å². The average molecular weight is 348 g/mol. The van der Waals surface area contributed by atoms with Gasteiger partial charge in [-0.05, 0) is 61.2 Å². The Hall–Kier alpha value is -1.32. The number of hydrogen-bond donors (Lipinski definition) is 1. The topological polar surface area (TPSA) is 35.2 Å². The summed E-state index contributed by atoms with van der Waals surface area (Å²) in [4.78, 5) is 0. The van der Waals surface area contributed by atoms with Crippen molar-refractivity contribution < 1.29 is 4.74 Å². The molecule has 0 radical (unpaired) electrons. The Balaban J connectivity index is 2.18. The summed E-state index contributed by atoms with van der Waals surface area (Å²) in [5, 5.41) is 0. The van der Waals surface area contributed by atoms with Gasteiger partial charge in [-0.15, -0.1) is 0 Å². The number of aryl methyl sites for hydroxylation is 1. The first-order chi connectivity index (χ1) is 10.1. The zero-order valence-electron chi connectivity index (χ0n) is 12.6. The maximum atomic E-state index is 6.02. The molecule has 1 atom stereocenters. The van der Waals surface area contributed by atoms with E-state index in [0.29, 0.717) is 0 Å². The molecule has 0 aliphatic heterocycles. The second-order valence-electron chi connectivity index (χ2n) is 5.43. The van der Waals surface area contributed by atoms with Crippen molar-refractivity contribution in [3.8, 4) is 11.5 Å². The van der Waals surface area contributed by atoms with Gasteiger partial charge < -0.3 is 10.5 Å². The van der Waals surface area contributed by atoms with E-state index in [0.717, 1.165) is 40.8 Å². The number of benzene rings is 2. The van der Waals surface area contributed by atoms with E-state index in [-0.39, 0.29) is 6.04 Å². The van der Waals surface area contributed by atoms with Gasteiger partial charge in [-0.25, -0.2) is 0 Å². The maximum Gasteiger partial charge on any atom is 0.130 e. The van der Waals surface area contributed by atoms with E-state index in [1.54, 1.807) is 0 Å². The van der Waals surface area contributed by atoms with Crippen molar-refractivity contribution in [1.82, 2.24) is 0 Å². The predicted molar refractivity (Wildman–Crippen MR) is 92.0 cm³/mol. The molecule has 0 aliphatic rings. The van der Waals surface area contributed by atoms with Crippen LogP contribution < -0.4 is 10.5 Å². The first kappa shape index (κ1) is 16.1. The summed E-state index contributed by atoms with van der Waals surface area (Å²) in [6.45, 7) is 4.19. The molecule has 0 spiro atoms. The summed E-state index contributed by atoms with van der Waals surface area (Å²) in [5.41, 5.74) is 8.39. The minimum Gasteiger partial charge on any atom is -0.457 e. The van der Waals surface area contributed by atoms with Gasteiger partial charge in [0, 0.05) is 10.5 Å². The molecule has 21 heavy (non-hydrogen) atoms. The SMILES string of the molecule is CCCc1ccc(Oc2ccc(Br)cc2CC(C)N)cc1. The Kier molecular flexibility index (Phi) is 5.83. The molecule has 0 bridgehead atoms. The molecule has 0 aromatic heterocycles. The Morgan fingerprint density at radius 1 is 1.14 bits per heavy atom. The van der Waals surface area contributed by atoms with Gasteiger partial charge in [0.2, 0.25) is 0 Å². The van der Waals surface area contributed by atoms with Crippen LogP contribution in [0.3, 0.4) is 0 Å². The number of halogens is 1. The molecule has 1 unspecified atom stereocenters. The number of nitrogens with two attached hydrogens (primary N) is 1. The van der Waals surface area contributed by atoms with Crippen LogP contribution in [-0.2, 0) is 12.8 Å². The smallest absolute Gasteiger partial charge is 0.130 e.